The molecule has 0 radical (unpaired) electrons. The molecule has 0 saturated carbocycles. The summed E-state index contributed by atoms with van der Waals surface area (Å²) in [5, 5.41) is 6.59. The Morgan fingerprint density at radius 2 is 1.66 bits per heavy atom. The predicted octanol–water partition coefficient (Wildman–Crippen LogP) is 7.25. The maximum atomic E-state index is 13.0. The second-order valence-electron chi connectivity index (χ2n) is 9.77. The van der Waals surface area contributed by atoms with Gasteiger partial charge in [0.05, 0.1) is 0 Å². The number of alkyl halides is 3. The van der Waals surface area contributed by atoms with Gasteiger partial charge in [0.15, 0.2) is 0 Å². The lowest BCUT2D eigenvalue weighted by Gasteiger charge is -2.35. The summed E-state index contributed by atoms with van der Waals surface area (Å²) >= 11 is 0. The third-order valence-electron chi connectivity index (χ3n) is 7.12. The van der Waals surface area contributed by atoms with Gasteiger partial charge in [-0.1, -0.05) is 67.9 Å². The summed E-state index contributed by atoms with van der Waals surface area (Å²) in [5.41, 5.74) is 4.38. The molecule has 0 fully saturated rings. The van der Waals surface area contributed by atoms with E-state index < -0.39 is 6.36 Å². The molecule has 2 N–H and O–H groups in total. The van der Waals surface area contributed by atoms with Crippen molar-refractivity contribution in [1.82, 2.24) is 10.6 Å². The van der Waals surface area contributed by atoms with Crippen LogP contribution < -0.4 is 15.4 Å². The molecule has 7 heteroatoms. The summed E-state index contributed by atoms with van der Waals surface area (Å²) in [5.74, 6) is -0.0909. The van der Waals surface area contributed by atoms with Crippen LogP contribution in [0.5, 0.6) is 5.75 Å². The van der Waals surface area contributed by atoms with Crippen molar-refractivity contribution in [2.24, 2.45) is 0 Å². The zero-order valence-electron chi connectivity index (χ0n) is 21.7. The van der Waals surface area contributed by atoms with Crippen LogP contribution in [0.4, 0.5) is 13.2 Å². The number of fused-ring (bicyclic) bond motifs is 1. The van der Waals surface area contributed by atoms with E-state index in [1.54, 1.807) is 6.07 Å². The largest absolute Gasteiger partial charge is 0.573 e. The fourth-order valence-electron chi connectivity index (χ4n) is 5.30. The van der Waals surface area contributed by atoms with E-state index in [2.05, 4.69) is 22.3 Å². The molecule has 38 heavy (non-hydrogen) atoms. The SMILES string of the molecule is CCCNC1CCc2c(OC(F)(F)F)cccc2C1CCCCNC(=O)c1ccc(-c2ccccc2)cc1. The van der Waals surface area contributed by atoms with Crippen molar-refractivity contribution in [2.45, 2.75) is 63.8 Å². The summed E-state index contributed by atoms with van der Waals surface area (Å²) in [6.45, 7) is 3.52. The maximum Gasteiger partial charge on any atom is 0.573 e. The molecule has 0 bridgehead atoms. The van der Waals surface area contributed by atoms with E-state index in [9.17, 15) is 18.0 Å². The summed E-state index contributed by atoms with van der Waals surface area (Å²) in [7, 11) is 0. The summed E-state index contributed by atoms with van der Waals surface area (Å²) in [4.78, 5) is 12.6. The number of benzene rings is 3. The molecular weight excluding hydrogens is 489 g/mol. The van der Waals surface area contributed by atoms with Crippen LogP contribution in [-0.4, -0.2) is 31.4 Å². The summed E-state index contributed by atoms with van der Waals surface area (Å²) in [6.07, 6.45) is 0.0776. The van der Waals surface area contributed by atoms with E-state index in [1.165, 1.54) is 6.07 Å². The Bertz CT molecular complexity index is 1180. The first-order chi connectivity index (χ1) is 18.4. The normalized spacial score (nSPS) is 17.1. The molecule has 0 aliphatic heterocycles. The Hall–Kier alpha value is -3.32. The van der Waals surface area contributed by atoms with Gasteiger partial charge in [-0.3, -0.25) is 4.79 Å². The van der Waals surface area contributed by atoms with E-state index in [4.69, 9.17) is 0 Å². The Balaban J connectivity index is 1.32. The molecule has 0 heterocycles. The van der Waals surface area contributed by atoms with Crippen LogP contribution in [0.2, 0.25) is 0 Å². The lowest BCUT2D eigenvalue weighted by molar-refractivity contribution is -0.275. The molecule has 2 atom stereocenters. The van der Waals surface area contributed by atoms with Crippen LogP contribution in [0.1, 0.15) is 66.4 Å². The molecule has 0 saturated heterocycles. The van der Waals surface area contributed by atoms with Crippen molar-refractivity contribution in [2.75, 3.05) is 13.1 Å². The Labute approximate surface area is 222 Å². The number of rotatable bonds is 11. The first-order valence-electron chi connectivity index (χ1n) is 13.4. The first-order valence-corrected chi connectivity index (χ1v) is 13.4. The minimum atomic E-state index is -4.71. The maximum absolute atomic E-state index is 13.0. The fraction of sp³-hybridized carbons (Fsp3) is 0.387. The number of amides is 1. The van der Waals surface area contributed by atoms with Gasteiger partial charge in [0.25, 0.3) is 5.91 Å². The minimum Gasteiger partial charge on any atom is -0.405 e. The molecule has 1 amide bonds. The molecule has 1 aliphatic carbocycles. The van der Waals surface area contributed by atoms with Gasteiger partial charge in [0.2, 0.25) is 0 Å². The van der Waals surface area contributed by atoms with Crippen molar-refractivity contribution >= 4 is 5.91 Å². The van der Waals surface area contributed by atoms with Crippen LogP contribution in [-0.2, 0) is 6.42 Å². The van der Waals surface area contributed by atoms with Crippen molar-refractivity contribution in [3.8, 4) is 16.9 Å². The van der Waals surface area contributed by atoms with Gasteiger partial charge in [-0.05, 0) is 85.0 Å². The number of halogens is 3. The molecule has 3 aromatic rings. The molecular formula is C31H35F3N2O2. The third kappa shape index (κ3) is 7.38. The number of carbonyl (C=O) groups is 1. The van der Waals surface area contributed by atoms with Crippen molar-refractivity contribution in [1.29, 1.82) is 0 Å². The molecule has 202 valence electrons. The monoisotopic (exact) mass is 524 g/mol. The van der Waals surface area contributed by atoms with Gasteiger partial charge in [-0.2, -0.15) is 0 Å². The minimum absolute atomic E-state index is 0.0838. The highest BCUT2D eigenvalue weighted by Gasteiger charge is 2.35. The molecule has 0 spiro atoms. The van der Waals surface area contributed by atoms with Gasteiger partial charge in [0, 0.05) is 18.2 Å². The fourth-order valence-corrected chi connectivity index (χ4v) is 5.30. The lowest BCUT2D eigenvalue weighted by Crippen LogP contribution is -2.39. The van der Waals surface area contributed by atoms with E-state index in [1.807, 2.05) is 60.7 Å². The van der Waals surface area contributed by atoms with Crippen LogP contribution in [0, 0.1) is 0 Å². The van der Waals surface area contributed by atoms with Gasteiger partial charge < -0.3 is 15.4 Å². The molecule has 2 unspecified atom stereocenters. The van der Waals surface area contributed by atoms with E-state index >= 15 is 0 Å². The van der Waals surface area contributed by atoms with E-state index in [0.717, 1.165) is 55.3 Å². The highest BCUT2D eigenvalue weighted by molar-refractivity contribution is 5.94. The van der Waals surface area contributed by atoms with E-state index in [-0.39, 0.29) is 23.6 Å². The smallest absolute Gasteiger partial charge is 0.405 e. The number of hydrogen-bond donors (Lipinski definition) is 2. The van der Waals surface area contributed by atoms with Gasteiger partial charge in [0.1, 0.15) is 5.75 Å². The number of unbranched alkanes of at least 4 members (excludes halogenated alkanes) is 1. The standard InChI is InChI=1S/C31H35F3N2O2/c1-2-20-35-28-19-18-27-25(12-8-13-29(27)38-31(32,33)34)26(28)11-6-7-21-36-30(37)24-16-14-23(15-17-24)22-9-4-3-5-10-22/h3-5,8-10,12-17,26,28,35H,2,6-7,11,18-21H2,1H3,(H,36,37). The number of carbonyl (C=O) groups excluding carboxylic acids is 1. The topological polar surface area (TPSA) is 50.4 Å². The van der Waals surface area contributed by atoms with Gasteiger partial charge >= 0.3 is 6.36 Å². The number of hydrogen-bond acceptors (Lipinski definition) is 3. The van der Waals surface area contributed by atoms with E-state index in [0.29, 0.717) is 24.1 Å². The zero-order valence-corrected chi connectivity index (χ0v) is 21.7. The summed E-state index contributed by atoms with van der Waals surface area (Å²) < 4.78 is 43.2. The number of nitrogens with one attached hydrogen (secondary N) is 2. The van der Waals surface area contributed by atoms with Crippen molar-refractivity contribution < 1.29 is 22.7 Å². The van der Waals surface area contributed by atoms with Crippen molar-refractivity contribution in [3.05, 3.63) is 89.5 Å². The average molecular weight is 525 g/mol. The predicted molar refractivity (Wildman–Crippen MR) is 144 cm³/mol. The summed E-state index contributed by atoms with van der Waals surface area (Å²) in [6, 6.07) is 22.8. The van der Waals surface area contributed by atoms with Crippen LogP contribution in [0.3, 0.4) is 0 Å². The Morgan fingerprint density at radius 1 is 0.921 bits per heavy atom. The highest BCUT2D eigenvalue weighted by atomic mass is 19.4. The second kappa shape index (κ2) is 13.0. The zero-order chi connectivity index (χ0) is 27.0. The molecule has 3 aromatic carbocycles. The highest BCUT2D eigenvalue weighted by Crippen LogP contribution is 2.40. The van der Waals surface area contributed by atoms with Gasteiger partial charge in [-0.15, -0.1) is 13.2 Å². The van der Waals surface area contributed by atoms with Crippen molar-refractivity contribution in [3.63, 3.8) is 0 Å². The average Bonchev–Trinajstić information content (AvgIpc) is 2.92. The van der Waals surface area contributed by atoms with Gasteiger partial charge in [-0.25, -0.2) is 0 Å². The molecule has 4 nitrogen and oxygen atoms in total. The molecule has 1 aliphatic rings. The lowest BCUT2D eigenvalue weighted by atomic mass is 9.76. The first kappa shape index (κ1) is 27.7. The van der Waals surface area contributed by atoms with Crippen LogP contribution >= 0.6 is 0 Å². The molecule has 0 aromatic heterocycles. The Kier molecular flexibility index (Phi) is 9.45. The van der Waals surface area contributed by atoms with Crippen LogP contribution in [0.15, 0.2) is 72.8 Å². The quantitative estimate of drug-likeness (QED) is 0.260. The van der Waals surface area contributed by atoms with Crippen LogP contribution in [0.25, 0.3) is 11.1 Å². The number of ether oxygens (including phenoxy) is 1. The Morgan fingerprint density at radius 3 is 2.37 bits per heavy atom. The second-order valence-corrected chi connectivity index (χ2v) is 9.77. The molecule has 4 rings (SSSR count). The third-order valence-corrected chi connectivity index (χ3v) is 7.12.